The lowest BCUT2D eigenvalue weighted by Crippen LogP contribution is -2.16. The van der Waals surface area contributed by atoms with Gasteiger partial charge in [0, 0.05) is 6.07 Å². The summed E-state index contributed by atoms with van der Waals surface area (Å²) in [5, 5.41) is 9.59. The molecule has 0 fully saturated rings. The Morgan fingerprint density at radius 3 is 2.35 bits per heavy atom. The van der Waals surface area contributed by atoms with Crippen molar-refractivity contribution in [1.82, 2.24) is 0 Å². The van der Waals surface area contributed by atoms with Crippen LogP contribution in [-0.4, -0.2) is 32.6 Å². The van der Waals surface area contributed by atoms with Gasteiger partial charge >= 0.3 is 0 Å². The zero-order valence-electron chi connectivity index (χ0n) is 14.4. The van der Waals surface area contributed by atoms with Gasteiger partial charge in [0.05, 0.1) is 29.4 Å². The van der Waals surface area contributed by atoms with Crippen LogP contribution >= 0.6 is 0 Å². The molecular formula is C17H20N2O6S. The molecule has 2 rings (SSSR count). The summed E-state index contributed by atoms with van der Waals surface area (Å²) < 4.78 is 38.4. The van der Waals surface area contributed by atoms with E-state index >= 15 is 0 Å². The Bertz CT molecular complexity index is 911. The Morgan fingerprint density at radius 1 is 1.08 bits per heavy atom. The molecule has 0 aliphatic rings. The zero-order chi connectivity index (χ0) is 19.3. The second kappa shape index (κ2) is 7.96. The summed E-state index contributed by atoms with van der Waals surface area (Å²) >= 11 is 0. The second-order valence-corrected chi connectivity index (χ2v) is 6.86. The molecule has 0 unspecified atom stereocenters. The van der Waals surface area contributed by atoms with Crippen LogP contribution in [0.1, 0.15) is 24.2 Å². The zero-order valence-corrected chi connectivity index (χ0v) is 15.2. The summed E-state index contributed by atoms with van der Waals surface area (Å²) in [6.07, 6.45) is 0. The molecule has 140 valence electrons. The molecule has 0 saturated carbocycles. The largest absolute Gasteiger partial charge is 0.507 e. The van der Waals surface area contributed by atoms with Crippen LogP contribution in [0.5, 0.6) is 17.2 Å². The molecule has 0 radical (unpaired) electrons. The molecule has 0 aromatic heterocycles. The summed E-state index contributed by atoms with van der Waals surface area (Å²) in [6, 6.07) is 7.90. The average Bonchev–Trinajstić information content (AvgIpc) is 2.57. The number of sulfonamides is 1. The third-order valence-electron chi connectivity index (χ3n) is 3.34. The Kier molecular flexibility index (Phi) is 5.93. The first-order valence-electron chi connectivity index (χ1n) is 7.83. The standard InChI is InChI=1S/C17H20N2O6S/c1-3-24-15-8-5-11(9-16(15)25-4-2)19-26(22,23)12-6-7-14(20)13(10-12)17(18)21/h5-10,19-20H,3-4H2,1-2H3,(H2,18,21). The van der Waals surface area contributed by atoms with Crippen LogP contribution in [0.25, 0.3) is 0 Å². The lowest BCUT2D eigenvalue weighted by atomic mass is 10.2. The van der Waals surface area contributed by atoms with E-state index in [-0.39, 0.29) is 16.1 Å². The van der Waals surface area contributed by atoms with Crippen molar-refractivity contribution in [3.05, 3.63) is 42.0 Å². The summed E-state index contributed by atoms with van der Waals surface area (Å²) in [7, 11) is -4.01. The number of nitrogens with two attached hydrogens (primary N) is 1. The highest BCUT2D eigenvalue weighted by molar-refractivity contribution is 7.92. The molecule has 2 aromatic rings. The van der Waals surface area contributed by atoms with Gasteiger partial charge < -0.3 is 20.3 Å². The second-order valence-electron chi connectivity index (χ2n) is 5.18. The molecule has 0 spiro atoms. The van der Waals surface area contributed by atoms with Crippen LogP contribution in [0.4, 0.5) is 5.69 Å². The number of aromatic hydroxyl groups is 1. The number of carbonyl (C=O) groups is 1. The lowest BCUT2D eigenvalue weighted by Gasteiger charge is -2.14. The fraction of sp³-hybridized carbons (Fsp3) is 0.235. The molecule has 0 aliphatic carbocycles. The molecule has 2 aromatic carbocycles. The number of primary amides is 1. The number of hydrogen-bond donors (Lipinski definition) is 3. The minimum Gasteiger partial charge on any atom is -0.507 e. The van der Waals surface area contributed by atoms with Gasteiger partial charge in [-0.2, -0.15) is 0 Å². The molecule has 0 heterocycles. The number of rotatable bonds is 8. The first-order chi connectivity index (χ1) is 12.3. The van der Waals surface area contributed by atoms with E-state index in [0.29, 0.717) is 24.7 Å². The van der Waals surface area contributed by atoms with Crippen LogP contribution in [0.3, 0.4) is 0 Å². The number of anilines is 1. The Balaban J connectivity index is 2.36. The number of benzene rings is 2. The van der Waals surface area contributed by atoms with E-state index in [1.165, 1.54) is 18.2 Å². The highest BCUT2D eigenvalue weighted by atomic mass is 32.2. The van der Waals surface area contributed by atoms with E-state index in [9.17, 15) is 18.3 Å². The summed E-state index contributed by atoms with van der Waals surface area (Å²) in [5.41, 5.74) is 5.11. The number of nitrogens with one attached hydrogen (secondary N) is 1. The first-order valence-corrected chi connectivity index (χ1v) is 9.32. The van der Waals surface area contributed by atoms with Crippen molar-refractivity contribution in [2.24, 2.45) is 5.73 Å². The van der Waals surface area contributed by atoms with Gasteiger partial charge in [0.1, 0.15) is 5.75 Å². The average molecular weight is 380 g/mol. The van der Waals surface area contributed by atoms with Gasteiger partial charge in [-0.25, -0.2) is 8.42 Å². The quantitative estimate of drug-likeness (QED) is 0.643. The number of amides is 1. The van der Waals surface area contributed by atoms with Crippen molar-refractivity contribution in [2.75, 3.05) is 17.9 Å². The summed E-state index contributed by atoms with van der Waals surface area (Å²) in [6.45, 7) is 4.45. The number of hydrogen-bond acceptors (Lipinski definition) is 6. The normalized spacial score (nSPS) is 11.0. The molecule has 26 heavy (non-hydrogen) atoms. The SMILES string of the molecule is CCOc1ccc(NS(=O)(=O)c2ccc(O)c(C(N)=O)c2)cc1OCC. The molecule has 0 aliphatic heterocycles. The monoisotopic (exact) mass is 380 g/mol. The van der Waals surface area contributed by atoms with Crippen molar-refractivity contribution in [2.45, 2.75) is 18.7 Å². The van der Waals surface area contributed by atoms with E-state index in [1.807, 2.05) is 6.92 Å². The molecular weight excluding hydrogens is 360 g/mol. The summed E-state index contributed by atoms with van der Waals surface area (Å²) in [4.78, 5) is 11.1. The molecule has 0 atom stereocenters. The molecule has 0 bridgehead atoms. The smallest absolute Gasteiger partial charge is 0.261 e. The van der Waals surface area contributed by atoms with E-state index in [4.69, 9.17) is 15.2 Å². The van der Waals surface area contributed by atoms with E-state index < -0.39 is 21.7 Å². The van der Waals surface area contributed by atoms with Crippen molar-refractivity contribution >= 4 is 21.6 Å². The van der Waals surface area contributed by atoms with Crippen LogP contribution in [0, 0.1) is 0 Å². The number of ether oxygens (including phenoxy) is 2. The van der Waals surface area contributed by atoms with Gasteiger partial charge in [-0.1, -0.05) is 0 Å². The number of carbonyl (C=O) groups excluding carboxylic acids is 1. The van der Waals surface area contributed by atoms with Gasteiger partial charge in [-0.05, 0) is 44.2 Å². The van der Waals surface area contributed by atoms with Crippen molar-refractivity contribution in [1.29, 1.82) is 0 Å². The Morgan fingerprint density at radius 2 is 1.73 bits per heavy atom. The fourth-order valence-electron chi connectivity index (χ4n) is 2.21. The highest BCUT2D eigenvalue weighted by Gasteiger charge is 2.19. The molecule has 9 heteroatoms. The van der Waals surface area contributed by atoms with Crippen LogP contribution < -0.4 is 19.9 Å². The molecule has 8 nitrogen and oxygen atoms in total. The van der Waals surface area contributed by atoms with E-state index in [1.54, 1.807) is 13.0 Å². The topological polar surface area (TPSA) is 128 Å². The predicted molar refractivity (Wildman–Crippen MR) is 96.2 cm³/mol. The minimum absolute atomic E-state index is 0.212. The first kappa shape index (κ1) is 19.4. The third-order valence-corrected chi connectivity index (χ3v) is 4.72. The minimum atomic E-state index is -4.01. The lowest BCUT2D eigenvalue weighted by molar-refractivity contribution is 0.0997. The Hall–Kier alpha value is -2.94. The van der Waals surface area contributed by atoms with Gasteiger partial charge in [-0.15, -0.1) is 0 Å². The Labute approximate surface area is 151 Å². The maximum atomic E-state index is 12.6. The summed E-state index contributed by atoms with van der Waals surface area (Å²) in [5.74, 6) is -0.425. The maximum Gasteiger partial charge on any atom is 0.261 e. The number of phenols is 1. The maximum absolute atomic E-state index is 12.6. The van der Waals surface area contributed by atoms with Crippen molar-refractivity contribution < 1.29 is 27.8 Å². The van der Waals surface area contributed by atoms with Gasteiger partial charge in [0.15, 0.2) is 11.5 Å². The molecule has 1 amide bonds. The van der Waals surface area contributed by atoms with Crippen molar-refractivity contribution in [3.63, 3.8) is 0 Å². The van der Waals surface area contributed by atoms with Crippen LogP contribution in [0.15, 0.2) is 41.3 Å². The molecule has 4 N–H and O–H groups in total. The fourth-order valence-corrected chi connectivity index (χ4v) is 3.28. The van der Waals surface area contributed by atoms with Gasteiger partial charge in [0.2, 0.25) is 0 Å². The van der Waals surface area contributed by atoms with E-state index in [2.05, 4.69) is 4.72 Å². The highest BCUT2D eigenvalue weighted by Crippen LogP contribution is 2.32. The van der Waals surface area contributed by atoms with Gasteiger partial charge in [0.25, 0.3) is 15.9 Å². The van der Waals surface area contributed by atoms with E-state index in [0.717, 1.165) is 12.1 Å². The third kappa shape index (κ3) is 4.37. The van der Waals surface area contributed by atoms with Crippen LogP contribution in [0.2, 0.25) is 0 Å². The van der Waals surface area contributed by atoms with Gasteiger partial charge in [-0.3, -0.25) is 9.52 Å². The molecule has 0 saturated heterocycles. The van der Waals surface area contributed by atoms with Crippen LogP contribution in [-0.2, 0) is 10.0 Å². The van der Waals surface area contributed by atoms with Crippen molar-refractivity contribution in [3.8, 4) is 17.2 Å². The predicted octanol–water partition coefficient (Wildman–Crippen LogP) is 2.09.